The lowest BCUT2D eigenvalue weighted by Crippen LogP contribution is -2.14. The van der Waals surface area contributed by atoms with Crippen molar-refractivity contribution in [2.75, 3.05) is 17.7 Å². The van der Waals surface area contributed by atoms with E-state index < -0.39 is 0 Å². The molecular weight excluding hydrogens is 332 g/mol. The zero-order valence-electron chi connectivity index (χ0n) is 14.3. The summed E-state index contributed by atoms with van der Waals surface area (Å²) >= 11 is 1.45. The summed E-state index contributed by atoms with van der Waals surface area (Å²) in [6, 6.07) is 17.5. The molecule has 1 amide bonds. The van der Waals surface area contributed by atoms with Gasteiger partial charge in [-0.3, -0.25) is 4.79 Å². The van der Waals surface area contributed by atoms with Crippen LogP contribution in [0, 0.1) is 6.92 Å². The molecule has 0 aliphatic rings. The second-order valence-electron chi connectivity index (χ2n) is 5.60. The van der Waals surface area contributed by atoms with E-state index in [0.717, 1.165) is 32.9 Å². The number of carbonyl (C=O) groups excluding carboxylic acids is 1. The zero-order chi connectivity index (χ0) is 17.6. The van der Waals surface area contributed by atoms with Gasteiger partial charge in [-0.1, -0.05) is 30.0 Å². The third kappa shape index (κ3) is 4.51. The van der Waals surface area contributed by atoms with Crippen LogP contribution >= 0.6 is 11.8 Å². The molecule has 3 aromatic rings. The minimum Gasteiger partial charge on any atom is -0.494 e. The maximum Gasteiger partial charge on any atom is 0.234 e. The number of carbonyl (C=O) groups is 1. The van der Waals surface area contributed by atoms with Gasteiger partial charge in [-0.2, -0.15) is 0 Å². The van der Waals surface area contributed by atoms with E-state index in [9.17, 15) is 4.79 Å². The van der Waals surface area contributed by atoms with E-state index in [2.05, 4.69) is 16.4 Å². The molecule has 1 heterocycles. The summed E-state index contributed by atoms with van der Waals surface area (Å²) in [5.41, 5.74) is 2.79. The predicted molar refractivity (Wildman–Crippen MR) is 103 cm³/mol. The normalized spacial score (nSPS) is 10.6. The van der Waals surface area contributed by atoms with Crippen LogP contribution in [0.5, 0.6) is 5.75 Å². The summed E-state index contributed by atoms with van der Waals surface area (Å²) in [7, 11) is 0. The highest BCUT2D eigenvalue weighted by Crippen LogP contribution is 2.24. The fraction of sp³-hybridized carbons (Fsp3) is 0.200. The summed E-state index contributed by atoms with van der Waals surface area (Å²) < 4.78 is 5.39. The number of pyridine rings is 1. The molecule has 0 saturated heterocycles. The molecule has 5 heteroatoms. The number of rotatable bonds is 6. The molecule has 0 aliphatic heterocycles. The van der Waals surface area contributed by atoms with E-state index in [1.807, 2.05) is 62.4 Å². The van der Waals surface area contributed by atoms with Gasteiger partial charge in [-0.25, -0.2) is 4.98 Å². The van der Waals surface area contributed by atoms with Gasteiger partial charge in [0.1, 0.15) is 10.8 Å². The molecule has 25 heavy (non-hydrogen) atoms. The zero-order valence-corrected chi connectivity index (χ0v) is 15.1. The van der Waals surface area contributed by atoms with Crippen molar-refractivity contribution in [3.8, 4) is 5.75 Å². The van der Waals surface area contributed by atoms with Crippen LogP contribution in [0.25, 0.3) is 10.9 Å². The average Bonchev–Trinajstić information content (AvgIpc) is 2.62. The number of fused-ring (bicyclic) bond motifs is 1. The highest BCUT2D eigenvalue weighted by Gasteiger charge is 2.08. The van der Waals surface area contributed by atoms with Crippen molar-refractivity contribution in [1.82, 2.24) is 4.98 Å². The molecule has 4 nitrogen and oxygen atoms in total. The number of anilines is 1. The molecule has 1 N–H and O–H groups in total. The van der Waals surface area contributed by atoms with Gasteiger partial charge in [-0.15, -0.1) is 0 Å². The molecule has 0 spiro atoms. The highest BCUT2D eigenvalue weighted by atomic mass is 32.2. The summed E-state index contributed by atoms with van der Waals surface area (Å²) in [6.07, 6.45) is 0. The van der Waals surface area contributed by atoms with E-state index in [1.165, 1.54) is 11.8 Å². The van der Waals surface area contributed by atoms with Crippen LogP contribution in [-0.2, 0) is 4.79 Å². The Balaban J connectivity index is 1.61. The van der Waals surface area contributed by atoms with Crippen molar-refractivity contribution in [2.24, 2.45) is 0 Å². The summed E-state index contributed by atoms with van der Waals surface area (Å²) in [5.74, 6) is 1.06. The van der Waals surface area contributed by atoms with Gasteiger partial charge in [0, 0.05) is 11.1 Å². The van der Waals surface area contributed by atoms with Gasteiger partial charge >= 0.3 is 0 Å². The van der Waals surface area contributed by atoms with E-state index in [1.54, 1.807) is 0 Å². The van der Waals surface area contributed by atoms with Gasteiger partial charge < -0.3 is 10.1 Å². The van der Waals surface area contributed by atoms with Gasteiger partial charge in [0.05, 0.1) is 17.9 Å². The first-order chi connectivity index (χ1) is 12.2. The molecule has 0 radical (unpaired) electrons. The molecule has 0 atom stereocenters. The second kappa shape index (κ2) is 8.03. The standard InChI is InChI=1S/C20H20N2O2S/c1-3-24-17-10-8-16(9-11-17)21-19(23)13-25-20-14(2)12-15-6-4-5-7-18(15)22-20/h4-12H,3,13H2,1-2H3,(H,21,23). The van der Waals surface area contributed by atoms with Gasteiger partial charge in [-0.05, 0) is 55.8 Å². The van der Waals surface area contributed by atoms with Gasteiger partial charge in [0.15, 0.2) is 0 Å². The number of hydrogen-bond donors (Lipinski definition) is 1. The van der Waals surface area contributed by atoms with Crippen molar-refractivity contribution < 1.29 is 9.53 Å². The van der Waals surface area contributed by atoms with Crippen LogP contribution < -0.4 is 10.1 Å². The van der Waals surface area contributed by atoms with Crippen LogP contribution in [0.2, 0.25) is 0 Å². The second-order valence-corrected chi connectivity index (χ2v) is 6.56. The number of thioether (sulfide) groups is 1. The predicted octanol–water partition coefficient (Wildman–Crippen LogP) is 4.67. The number of aromatic nitrogens is 1. The Hall–Kier alpha value is -2.53. The number of hydrogen-bond acceptors (Lipinski definition) is 4. The molecule has 2 aromatic carbocycles. The van der Waals surface area contributed by atoms with E-state index in [0.29, 0.717) is 12.4 Å². The Morgan fingerprint density at radius 2 is 1.92 bits per heavy atom. The Morgan fingerprint density at radius 3 is 2.68 bits per heavy atom. The first-order valence-corrected chi connectivity index (χ1v) is 9.16. The Labute approximate surface area is 151 Å². The SMILES string of the molecule is CCOc1ccc(NC(=O)CSc2nc3ccccc3cc2C)cc1. The molecule has 1 aromatic heterocycles. The number of ether oxygens (including phenoxy) is 1. The maximum absolute atomic E-state index is 12.2. The number of aryl methyl sites for hydroxylation is 1. The molecule has 3 rings (SSSR count). The summed E-state index contributed by atoms with van der Waals surface area (Å²) in [6.45, 7) is 4.59. The van der Waals surface area contributed by atoms with E-state index in [-0.39, 0.29) is 5.91 Å². The Morgan fingerprint density at radius 1 is 1.16 bits per heavy atom. The fourth-order valence-electron chi connectivity index (χ4n) is 2.48. The molecule has 0 aliphatic carbocycles. The highest BCUT2D eigenvalue weighted by molar-refractivity contribution is 8.00. The van der Waals surface area contributed by atoms with Crippen LogP contribution in [0.3, 0.4) is 0 Å². The molecule has 0 unspecified atom stereocenters. The monoisotopic (exact) mass is 352 g/mol. The van der Waals surface area contributed by atoms with Crippen molar-refractivity contribution >= 4 is 34.3 Å². The van der Waals surface area contributed by atoms with Crippen LogP contribution in [0.4, 0.5) is 5.69 Å². The lowest BCUT2D eigenvalue weighted by atomic mass is 10.2. The molecular formula is C20H20N2O2S. The third-order valence-electron chi connectivity index (χ3n) is 3.66. The van der Waals surface area contributed by atoms with Gasteiger partial charge in [0.2, 0.25) is 5.91 Å². The number of benzene rings is 2. The minimum atomic E-state index is -0.0523. The largest absolute Gasteiger partial charge is 0.494 e. The molecule has 0 saturated carbocycles. The lowest BCUT2D eigenvalue weighted by molar-refractivity contribution is -0.113. The lowest BCUT2D eigenvalue weighted by Gasteiger charge is -2.09. The quantitative estimate of drug-likeness (QED) is 0.655. The number of amides is 1. The third-order valence-corrected chi connectivity index (χ3v) is 4.75. The first kappa shape index (κ1) is 17.3. The number of para-hydroxylation sites is 1. The Bertz CT molecular complexity index is 879. The summed E-state index contributed by atoms with van der Waals surface area (Å²) in [5, 5.41) is 4.90. The van der Waals surface area contributed by atoms with Gasteiger partial charge in [0.25, 0.3) is 0 Å². The maximum atomic E-state index is 12.2. The minimum absolute atomic E-state index is 0.0523. The Kier molecular flexibility index (Phi) is 5.56. The fourth-order valence-corrected chi connectivity index (χ4v) is 3.27. The van der Waals surface area contributed by atoms with Crippen LogP contribution in [0.1, 0.15) is 12.5 Å². The van der Waals surface area contributed by atoms with Crippen molar-refractivity contribution in [1.29, 1.82) is 0 Å². The molecule has 0 fully saturated rings. The number of nitrogens with zero attached hydrogens (tertiary/aromatic N) is 1. The van der Waals surface area contributed by atoms with E-state index in [4.69, 9.17) is 4.74 Å². The first-order valence-electron chi connectivity index (χ1n) is 8.17. The summed E-state index contributed by atoms with van der Waals surface area (Å²) in [4.78, 5) is 16.8. The average molecular weight is 352 g/mol. The van der Waals surface area contributed by atoms with Crippen LogP contribution in [-0.4, -0.2) is 23.3 Å². The smallest absolute Gasteiger partial charge is 0.234 e. The number of nitrogens with one attached hydrogen (secondary N) is 1. The van der Waals surface area contributed by atoms with E-state index >= 15 is 0 Å². The van der Waals surface area contributed by atoms with Crippen molar-refractivity contribution in [3.63, 3.8) is 0 Å². The van der Waals surface area contributed by atoms with Crippen molar-refractivity contribution in [3.05, 3.63) is 60.2 Å². The van der Waals surface area contributed by atoms with Crippen molar-refractivity contribution in [2.45, 2.75) is 18.9 Å². The topological polar surface area (TPSA) is 51.2 Å². The molecule has 0 bridgehead atoms. The van der Waals surface area contributed by atoms with Crippen LogP contribution in [0.15, 0.2) is 59.6 Å². The molecule has 128 valence electrons.